The Labute approximate surface area is 247 Å². The van der Waals surface area contributed by atoms with E-state index >= 15 is 0 Å². The van der Waals surface area contributed by atoms with Gasteiger partial charge in [-0.1, -0.05) is 38.0 Å². The van der Waals surface area contributed by atoms with Crippen molar-refractivity contribution in [2.45, 2.75) is 119 Å². The predicted molar refractivity (Wildman–Crippen MR) is 162 cm³/mol. The number of likely N-dealkylation sites (N-methyl/N-ethyl adjacent to an activating group) is 1. The summed E-state index contributed by atoms with van der Waals surface area (Å²) in [5.74, 6) is 3.17. The van der Waals surface area contributed by atoms with E-state index in [9.17, 15) is 10.2 Å². The van der Waals surface area contributed by atoms with Crippen LogP contribution in [0.4, 0.5) is 5.69 Å². The monoisotopic (exact) mass is 560 g/mol. The molecule has 1 aromatic carbocycles. The lowest BCUT2D eigenvalue weighted by Gasteiger charge is -2.62. The maximum atomic E-state index is 11.6. The largest absolute Gasteiger partial charge is 0.392 e. The maximum absolute atomic E-state index is 11.6. The SMILES string of the molecule is C1CCN2C[C@@H]3C[C@@H](CN4CCCC[C@@H]34)[C@H]2C1.CC[C@H]1[C@@H]2C[C@H]3[C@@H]4N(C)c5ccccc5[C@]45C[C@@H](C2[C@H]5O)N3[C@@H]1O. The fourth-order valence-electron chi connectivity index (χ4n) is 13.1. The Balaban J connectivity index is 0.000000124. The molecule has 0 aromatic heterocycles. The van der Waals surface area contributed by atoms with Gasteiger partial charge in [-0.25, -0.2) is 0 Å². The lowest BCUT2D eigenvalue weighted by molar-refractivity contribution is -0.211. The minimum absolute atomic E-state index is 0.126. The minimum Gasteiger partial charge on any atom is -0.392 e. The summed E-state index contributed by atoms with van der Waals surface area (Å²) in [6.45, 7) is 7.87. The van der Waals surface area contributed by atoms with Gasteiger partial charge < -0.3 is 15.1 Å². The van der Waals surface area contributed by atoms with Gasteiger partial charge in [0.25, 0.3) is 0 Å². The van der Waals surface area contributed by atoms with Gasteiger partial charge in [0.05, 0.1) is 12.1 Å². The third kappa shape index (κ3) is 3.38. The molecule has 1 aliphatic carbocycles. The molecule has 1 aromatic rings. The zero-order valence-corrected chi connectivity index (χ0v) is 25.3. The molecule has 2 N–H and O–H groups in total. The zero-order chi connectivity index (χ0) is 27.6. The number of hydrogen-bond donors (Lipinski definition) is 2. The van der Waals surface area contributed by atoms with Gasteiger partial charge in [-0.2, -0.15) is 0 Å². The third-order valence-electron chi connectivity index (χ3n) is 14.4. The molecule has 6 heteroatoms. The second-order valence-corrected chi connectivity index (χ2v) is 15.7. The van der Waals surface area contributed by atoms with Gasteiger partial charge in [-0.15, -0.1) is 0 Å². The summed E-state index contributed by atoms with van der Waals surface area (Å²) < 4.78 is 0. The number of piperidine rings is 8. The first kappa shape index (κ1) is 26.2. The normalized spacial score (nSPS) is 52.3. The van der Waals surface area contributed by atoms with Crippen LogP contribution < -0.4 is 4.90 Å². The summed E-state index contributed by atoms with van der Waals surface area (Å²) in [7, 11) is 2.19. The first-order valence-electron chi connectivity index (χ1n) is 17.5. The summed E-state index contributed by atoms with van der Waals surface area (Å²) in [4.78, 5) is 10.6. The van der Waals surface area contributed by atoms with E-state index in [1.54, 1.807) is 6.42 Å². The van der Waals surface area contributed by atoms with Crippen molar-refractivity contribution in [1.82, 2.24) is 14.7 Å². The molecule has 8 saturated heterocycles. The van der Waals surface area contributed by atoms with E-state index in [0.29, 0.717) is 35.9 Å². The van der Waals surface area contributed by atoms with Gasteiger partial charge in [0, 0.05) is 67.2 Å². The van der Waals surface area contributed by atoms with Gasteiger partial charge >= 0.3 is 0 Å². The average molecular weight is 561 g/mol. The van der Waals surface area contributed by atoms with Crippen LogP contribution >= 0.6 is 0 Å². The predicted octanol–water partition coefficient (Wildman–Crippen LogP) is 3.90. The van der Waals surface area contributed by atoms with Crippen LogP contribution in [-0.4, -0.2) is 101 Å². The molecule has 0 amide bonds. The third-order valence-corrected chi connectivity index (χ3v) is 14.4. The highest BCUT2D eigenvalue weighted by molar-refractivity contribution is 5.67. The van der Waals surface area contributed by atoms with Gasteiger partial charge in [-0.05, 0) is 93.8 Å². The number of para-hydroxylation sites is 1. The van der Waals surface area contributed by atoms with E-state index in [-0.39, 0.29) is 17.7 Å². The Kier molecular flexibility index (Phi) is 6.02. The van der Waals surface area contributed by atoms with Crippen LogP contribution in [-0.2, 0) is 5.41 Å². The van der Waals surface area contributed by atoms with Crippen molar-refractivity contribution in [3.05, 3.63) is 29.8 Å². The van der Waals surface area contributed by atoms with E-state index in [0.717, 1.165) is 43.2 Å². The van der Waals surface area contributed by atoms with Crippen molar-refractivity contribution >= 4 is 5.69 Å². The van der Waals surface area contributed by atoms with E-state index in [2.05, 4.69) is 57.8 Å². The molecule has 11 rings (SSSR count). The first-order chi connectivity index (χ1) is 20.0. The molecule has 9 heterocycles. The second kappa shape index (κ2) is 9.41. The van der Waals surface area contributed by atoms with Crippen LogP contribution in [0.3, 0.4) is 0 Å². The van der Waals surface area contributed by atoms with E-state index in [1.807, 2.05) is 0 Å². The van der Waals surface area contributed by atoms with Gasteiger partial charge in [0.15, 0.2) is 0 Å². The summed E-state index contributed by atoms with van der Waals surface area (Å²) in [6.07, 6.45) is 13.0. The van der Waals surface area contributed by atoms with E-state index in [4.69, 9.17) is 0 Å². The van der Waals surface area contributed by atoms with Crippen molar-refractivity contribution in [1.29, 1.82) is 0 Å². The van der Waals surface area contributed by atoms with Gasteiger partial charge in [0.2, 0.25) is 0 Å². The molecule has 1 spiro atoms. The fourth-order valence-corrected chi connectivity index (χ4v) is 13.1. The van der Waals surface area contributed by atoms with Crippen molar-refractivity contribution < 1.29 is 10.2 Å². The highest BCUT2D eigenvalue weighted by Gasteiger charge is 2.76. The molecule has 6 nitrogen and oxygen atoms in total. The molecule has 41 heavy (non-hydrogen) atoms. The highest BCUT2D eigenvalue weighted by Crippen LogP contribution is 2.68. The number of aliphatic hydroxyl groups excluding tert-OH is 2. The molecule has 14 atom stereocenters. The molecular formula is C35H52N4O2. The van der Waals surface area contributed by atoms with Crippen molar-refractivity contribution in [3.8, 4) is 0 Å². The standard InChI is InChI=1S/C20H26N2O2.C15H26N2/c1-3-10-11-8-14-17-20(12-6-4-5-7-13(12)21(17)2)9-15(16(11)18(20)23)22(14)19(10)24;1-3-7-16-11-13-9-12(14(16)5-1)10-17-8-4-2-6-15(13)17/h4-7,10-11,14-19,23-24H,3,8-9H2,1-2H3;12-15H,1-11H2/t10-,11-,14-,15-,16?,17-,18+,19+,20+;12-,13-,14-,15+/m00/s1. The Morgan fingerprint density at radius 2 is 1.54 bits per heavy atom. The Morgan fingerprint density at radius 1 is 0.854 bits per heavy atom. The summed E-state index contributed by atoms with van der Waals surface area (Å²) in [5.41, 5.74) is 2.51. The first-order valence-corrected chi connectivity index (χ1v) is 17.5. The molecule has 7 bridgehead atoms. The molecule has 10 aliphatic rings. The van der Waals surface area contributed by atoms with Gasteiger partial charge in [-0.3, -0.25) is 14.7 Å². The van der Waals surface area contributed by atoms with Crippen LogP contribution in [0.2, 0.25) is 0 Å². The van der Waals surface area contributed by atoms with Gasteiger partial charge in [0.1, 0.15) is 6.23 Å². The minimum atomic E-state index is -0.319. The number of hydrogen-bond acceptors (Lipinski definition) is 6. The molecule has 0 radical (unpaired) electrons. The van der Waals surface area contributed by atoms with Crippen LogP contribution in [0.25, 0.3) is 0 Å². The number of fused-ring (bicyclic) bond motifs is 8. The van der Waals surface area contributed by atoms with Crippen molar-refractivity contribution in [2.75, 3.05) is 38.1 Å². The number of aliphatic hydroxyl groups is 2. The molecular weight excluding hydrogens is 508 g/mol. The Hall–Kier alpha value is -1.18. The van der Waals surface area contributed by atoms with E-state index < -0.39 is 0 Å². The maximum Gasteiger partial charge on any atom is 0.111 e. The summed E-state index contributed by atoms with van der Waals surface area (Å²) in [5, 5.41) is 22.6. The molecule has 1 saturated carbocycles. The Morgan fingerprint density at radius 3 is 2.22 bits per heavy atom. The number of nitrogens with zero attached hydrogens (tertiary/aromatic N) is 4. The van der Waals surface area contributed by atoms with Crippen LogP contribution in [0.1, 0.15) is 76.7 Å². The molecule has 9 aliphatic heterocycles. The van der Waals surface area contributed by atoms with Crippen LogP contribution in [0.15, 0.2) is 24.3 Å². The number of benzene rings is 1. The van der Waals surface area contributed by atoms with E-state index in [1.165, 1.54) is 76.0 Å². The topological polar surface area (TPSA) is 53.4 Å². The lowest BCUT2D eigenvalue weighted by atomic mass is 9.62. The zero-order valence-electron chi connectivity index (χ0n) is 25.3. The summed E-state index contributed by atoms with van der Waals surface area (Å²) >= 11 is 0. The second-order valence-electron chi connectivity index (χ2n) is 15.7. The quantitative estimate of drug-likeness (QED) is 0.544. The average Bonchev–Trinajstić information content (AvgIpc) is 3.39. The lowest BCUT2D eigenvalue weighted by Crippen LogP contribution is -2.72. The number of anilines is 1. The summed E-state index contributed by atoms with van der Waals surface area (Å²) in [6, 6.07) is 11.6. The highest BCUT2D eigenvalue weighted by atomic mass is 16.3. The number of rotatable bonds is 1. The van der Waals surface area contributed by atoms with Crippen LogP contribution in [0.5, 0.6) is 0 Å². The Bertz CT molecular complexity index is 1150. The fraction of sp³-hybridized carbons (Fsp3) is 0.829. The van der Waals surface area contributed by atoms with Crippen LogP contribution in [0, 0.1) is 29.6 Å². The van der Waals surface area contributed by atoms with Crippen molar-refractivity contribution in [2.24, 2.45) is 29.6 Å². The molecule has 224 valence electrons. The molecule has 9 fully saturated rings. The van der Waals surface area contributed by atoms with Crippen molar-refractivity contribution in [3.63, 3.8) is 0 Å². The molecule has 2 unspecified atom stereocenters. The smallest absolute Gasteiger partial charge is 0.111 e.